The second-order valence-electron chi connectivity index (χ2n) is 6.69. The number of alkyl halides is 2. The van der Waals surface area contributed by atoms with Crippen molar-refractivity contribution in [2.24, 2.45) is 0 Å². The highest BCUT2D eigenvalue weighted by Gasteiger charge is 2.32. The number of benzene rings is 1. The Morgan fingerprint density at radius 3 is 2.31 bits per heavy atom. The van der Waals surface area contributed by atoms with Crippen LogP contribution in [0.15, 0.2) is 35.4 Å². The van der Waals surface area contributed by atoms with E-state index in [-0.39, 0.29) is 23.7 Å². The molecular weight excluding hydrogens is 406 g/mol. The van der Waals surface area contributed by atoms with Crippen molar-refractivity contribution in [2.45, 2.75) is 24.9 Å². The molecule has 8 nitrogen and oxygen atoms in total. The van der Waals surface area contributed by atoms with Crippen LogP contribution < -0.4 is 0 Å². The highest BCUT2D eigenvalue weighted by Crippen LogP contribution is 2.24. The highest BCUT2D eigenvalue weighted by molar-refractivity contribution is 7.89. The minimum Gasteiger partial charge on any atom is -0.465 e. The number of methoxy groups -OCH3 is 1. The van der Waals surface area contributed by atoms with Gasteiger partial charge in [0.05, 0.1) is 24.6 Å². The number of nitrogens with zero attached hydrogens (tertiary/aromatic N) is 4. The summed E-state index contributed by atoms with van der Waals surface area (Å²) < 4.78 is 57.7. The molecule has 0 saturated carbocycles. The van der Waals surface area contributed by atoms with E-state index in [1.54, 1.807) is 12.1 Å². The molecule has 158 valence electrons. The molecule has 29 heavy (non-hydrogen) atoms. The van der Waals surface area contributed by atoms with Crippen molar-refractivity contribution < 1.29 is 26.7 Å². The Labute approximate surface area is 167 Å². The molecule has 0 aliphatic carbocycles. The van der Waals surface area contributed by atoms with Gasteiger partial charge in [-0.25, -0.2) is 17.9 Å². The standard InChI is InChI=1S/C18H22F2N4O4S/c1-13-16(11-21-24(13)18(19)20)29(26,27)23-9-7-22(8-10-23)12-14-3-5-15(6-4-14)17(25)28-2/h3-6,11,18H,7-10,12H2,1-2H3. The molecule has 2 aromatic rings. The minimum atomic E-state index is -3.88. The maximum atomic E-state index is 12.9. The van der Waals surface area contributed by atoms with Gasteiger partial charge < -0.3 is 4.74 Å². The highest BCUT2D eigenvalue weighted by atomic mass is 32.2. The normalized spacial score (nSPS) is 16.3. The summed E-state index contributed by atoms with van der Waals surface area (Å²) in [5, 5.41) is 3.49. The molecule has 1 aliphatic rings. The molecule has 1 aliphatic heterocycles. The van der Waals surface area contributed by atoms with Gasteiger partial charge in [-0.1, -0.05) is 12.1 Å². The summed E-state index contributed by atoms with van der Waals surface area (Å²) in [6, 6.07) is 7.03. The van der Waals surface area contributed by atoms with Crippen LogP contribution in [0.25, 0.3) is 0 Å². The predicted octanol–water partition coefficient (Wildman–Crippen LogP) is 1.88. The quantitative estimate of drug-likeness (QED) is 0.654. The average molecular weight is 428 g/mol. The summed E-state index contributed by atoms with van der Waals surface area (Å²) in [7, 11) is -2.56. The Kier molecular flexibility index (Phi) is 6.30. The van der Waals surface area contributed by atoms with Crippen LogP contribution >= 0.6 is 0 Å². The van der Waals surface area contributed by atoms with Crippen LogP contribution in [-0.4, -0.2) is 66.7 Å². The number of aromatic nitrogens is 2. The number of halogens is 2. The largest absolute Gasteiger partial charge is 0.465 e. The topological polar surface area (TPSA) is 84.7 Å². The van der Waals surface area contributed by atoms with Gasteiger partial charge in [-0.15, -0.1) is 0 Å². The lowest BCUT2D eigenvalue weighted by atomic mass is 10.1. The van der Waals surface area contributed by atoms with Gasteiger partial charge >= 0.3 is 12.5 Å². The third kappa shape index (κ3) is 4.46. The van der Waals surface area contributed by atoms with Gasteiger partial charge in [-0.2, -0.15) is 18.2 Å². The number of hydrogen-bond acceptors (Lipinski definition) is 6. The third-order valence-electron chi connectivity index (χ3n) is 4.91. The fourth-order valence-corrected chi connectivity index (χ4v) is 4.82. The van der Waals surface area contributed by atoms with E-state index in [0.717, 1.165) is 11.8 Å². The summed E-state index contributed by atoms with van der Waals surface area (Å²) in [5.74, 6) is -0.402. The monoisotopic (exact) mass is 428 g/mol. The van der Waals surface area contributed by atoms with Gasteiger partial charge in [0.1, 0.15) is 4.90 Å². The molecule has 0 unspecified atom stereocenters. The number of ether oxygens (including phenoxy) is 1. The van der Waals surface area contributed by atoms with Gasteiger partial charge in [-0.3, -0.25) is 4.90 Å². The third-order valence-corrected chi connectivity index (χ3v) is 6.92. The number of rotatable bonds is 6. The van der Waals surface area contributed by atoms with Crippen molar-refractivity contribution in [2.75, 3.05) is 33.3 Å². The maximum absolute atomic E-state index is 12.9. The van der Waals surface area contributed by atoms with Gasteiger partial charge in [0.15, 0.2) is 0 Å². The average Bonchev–Trinajstić information content (AvgIpc) is 3.11. The minimum absolute atomic E-state index is 0.0758. The second kappa shape index (κ2) is 8.56. The molecule has 0 atom stereocenters. The molecule has 1 aromatic heterocycles. The molecule has 0 N–H and O–H groups in total. The van der Waals surface area contributed by atoms with Crippen LogP contribution in [-0.2, 0) is 21.3 Å². The van der Waals surface area contributed by atoms with Gasteiger partial charge in [-0.05, 0) is 24.6 Å². The lowest BCUT2D eigenvalue weighted by Crippen LogP contribution is -2.48. The first-order chi connectivity index (χ1) is 13.7. The second-order valence-corrected chi connectivity index (χ2v) is 8.59. The van der Waals surface area contributed by atoms with Crippen LogP contribution in [0.1, 0.15) is 28.2 Å². The van der Waals surface area contributed by atoms with E-state index in [1.165, 1.54) is 18.3 Å². The van der Waals surface area contributed by atoms with Crippen LogP contribution in [0.2, 0.25) is 0 Å². The van der Waals surface area contributed by atoms with E-state index in [9.17, 15) is 22.0 Å². The Morgan fingerprint density at radius 1 is 1.17 bits per heavy atom. The first-order valence-corrected chi connectivity index (χ1v) is 10.4. The van der Waals surface area contributed by atoms with Gasteiger partial charge in [0.2, 0.25) is 10.0 Å². The van der Waals surface area contributed by atoms with E-state index in [0.29, 0.717) is 29.9 Å². The number of piperazine rings is 1. The number of carbonyl (C=O) groups excluding carboxylic acids is 1. The lowest BCUT2D eigenvalue weighted by Gasteiger charge is -2.33. The molecule has 3 rings (SSSR count). The zero-order valence-electron chi connectivity index (χ0n) is 16.1. The smallest absolute Gasteiger partial charge is 0.337 e. The number of sulfonamides is 1. The molecule has 11 heteroatoms. The first-order valence-electron chi connectivity index (χ1n) is 8.96. The summed E-state index contributed by atoms with van der Waals surface area (Å²) in [5.41, 5.74) is 1.38. The maximum Gasteiger partial charge on any atom is 0.337 e. The summed E-state index contributed by atoms with van der Waals surface area (Å²) in [6.45, 7) is 0.545. The molecule has 1 aromatic carbocycles. The van der Waals surface area contributed by atoms with E-state index < -0.39 is 22.5 Å². The van der Waals surface area contributed by atoms with Crippen molar-refractivity contribution in [1.82, 2.24) is 19.0 Å². The van der Waals surface area contributed by atoms with Crippen LogP contribution in [0.3, 0.4) is 0 Å². The molecule has 0 amide bonds. The van der Waals surface area contributed by atoms with E-state index in [4.69, 9.17) is 0 Å². The Hall–Kier alpha value is -2.37. The molecule has 1 saturated heterocycles. The molecule has 0 radical (unpaired) electrons. The Bertz CT molecular complexity index is 968. The zero-order chi connectivity index (χ0) is 21.2. The number of carbonyl (C=O) groups is 1. The van der Waals surface area contributed by atoms with E-state index in [1.807, 2.05) is 12.1 Å². The Balaban J connectivity index is 1.62. The van der Waals surface area contributed by atoms with Crippen LogP contribution in [0.4, 0.5) is 8.78 Å². The van der Waals surface area contributed by atoms with Gasteiger partial charge in [0.25, 0.3) is 0 Å². The Morgan fingerprint density at radius 2 is 1.79 bits per heavy atom. The fraction of sp³-hybridized carbons (Fsp3) is 0.444. The molecular formula is C18H22F2N4O4S. The lowest BCUT2D eigenvalue weighted by molar-refractivity contribution is 0.0540. The molecule has 0 spiro atoms. The number of hydrogen-bond donors (Lipinski definition) is 0. The van der Waals surface area contributed by atoms with Gasteiger partial charge in [0, 0.05) is 32.7 Å². The van der Waals surface area contributed by atoms with Crippen molar-refractivity contribution >= 4 is 16.0 Å². The molecule has 1 fully saturated rings. The van der Waals surface area contributed by atoms with Crippen LogP contribution in [0, 0.1) is 6.92 Å². The molecule has 0 bridgehead atoms. The van der Waals surface area contributed by atoms with E-state index in [2.05, 4.69) is 14.7 Å². The predicted molar refractivity (Wildman–Crippen MR) is 100 cm³/mol. The van der Waals surface area contributed by atoms with Crippen LogP contribution in [0.5, 0.6) is 0 Å². The molecule has 2 heterocycles. The van der Waals surface area contributed by atoms with Crippen molar-refractivity contribution in [3.05, 3.63) is 47.3 Å². The van der Waals surface area contributed by atoms with E-state index >= 15 is 0 Å². The summed E-state index contributed by atoms with van der Waals surface area (Å²) >= 11 is 0. The summed E-state index contributed by atoms with van der Waals surface area (Å²) in [4.78, 5) is 13.4. The summed E-state index contributed by atoms with van der Waals surface area (Å²) in [6.07, 6.45) is 0.978. The van der Waals surface area contributed by atoms with Crippen molar-refractivity contribution in [3.8, 4) is 0 Å². The zero-order valence-corrected chi connectivity index (χ0v) is 16.9. The SMILES string of the molecule is COC(=O)c1ccc(CN2CCN(S(=O)(=O)c3cnn(C(F)F)c3C)CC2)cc1. The number of esters is 1. The van der Waals surface area contributed by atoms with Crippen molar-refractivity contribution in [3.63, 3.8) is 0 Å². The van der Waals surface area contributed by atoms with Crippen molar-refractivity contribution in [1.29, 1.82) is 0 Å². The first kappa shape index (κ1) is 21.3. The fourth-order valence-electron chi connectivity index (χ4n) is 3.25.